The summed E-state index contributed by atoms with van der Waals surface area (Å²) in [6, 6.07) is 29.4. The second-order valence-electron chi connectivity index (χ2n) is 9.82. The Balaban J connectivity index is 0.000000307. The fraction of sp³-hybridized carbons (Fsp3) is 0.333. The second-order valence-corrected chi connectivity index (χ2v) is 15.5. The van der Waals surface area contributed by atoms with Gasteiger partial charge in [0.1, 0.15) is 0 Å². The van der Waals surface area contributed by atoms with Gasteiger partial charge in [-0.25, -0.2) is 8.42 Å². The molecule has 3 rings (SSSR count). The standard InChI is InChI=1S/C23H25Se.C4HF9O3S/c1-18-10-14-21(15-11-18)24(20-8-6-5-7-9-20)22-16-12-19(13-17-22)23(2,3)4;5-1(6,3(9,10)11)2(7,8)4(12,13)17(14,15)16/h5-17H,1-4H3;(H,14,15,16)/q+1;/p-1. The summed E-state index contributed by atoms with van der Waals surface area (Å²) in [5.41, 5.74) is 2.92. The van der Waals surface area contributed by atoms with Crippen LogP contribution in [0.2, 0.25) is 0 Å². The molecule has 0 spiro atoms. The Morgan fingerprint density at radius 2 is 1.00 bits per heavy atom. The van der Waals surface area contributed by atoms with Crippen molar-refractivity contribution in [1.82, 2.24) is 0 Å². The number of hydrogen-bond donors (Lipinski definition) is 0. The molecule has 226 valence electrons. The molecule has 3 nitrogen and oxygen atoms in total. The summed E-state index contributed by atoms with van der Waals surface area (Å²) < 4.78 is 140. The molecule has 0 N–H and O–H groups in total. The summed E-state index contributed by atoms with van der Waals surface area (Å²) in [4.78, 5) is 0. The maximum absolute atomic E-state index is 12.2. The molecule has 3 aromatic rings. The molecule has 0 amide bonds. The normalized spacial score (nSPS) is 14.2. The van der Waals surface area contributed by atoms with Crippen LogP contribution < -0.4 is 13.4 Å². The fourth-order valence-corrected chi connectivity index (χ4v) is 8.02. The van der Waals surface area contributed by atoms with Gasteiger partial charge in [0.15, 0.2) is 10.1 Å². The number of alkyl halides is 9. The van der Waals surface area contributed by atoms with Gasteiger partial charge in [0, 0.05) is 0 Å². The third-order valence-corrected chi connectivity index (χ3v) is 11.2. The first kappa shape index (κ1) is 34.7. The van der Waals surface area contributed by atoms with Gasteiger partial charge in [-0.05, 0) is 0 Å². The average Bonchev–Trinajstić information content (AvgIpc) is 2.85. The molecule has 0 bridgehead atoms. The quantitative estimate of drug-likeness (QED) is 0.189. The molecule has 14 heteroatoms. The maximum atomic E-state index is 12.2. The van der Waals surface area contributed by atoms with E-state index in [-0.39, 0.29) is 5.41 Å². The molecule has 0 radical (unpaired) electrons. The first-order valence-electron chi connectivity index (χ1n) is 11.6. The monoisotopic (exact) mass is 680 g/mol. The molecule has 0 fully saturated rings. The molecule has 0 saturated carbocycles. The van der Waals surface area contributed by atoms with E-state index in [1.54, 1.807) is 0 Å². The molecule has 0 aliphatic carbocycles. The van der Waals surface area contributed by atoms with Crippen LogP contribution in [-0.2, 0) is 15.5 Å². The molecular weight excluding hydrogens is 654 g/mol. The van der Waals surface area contributed by atoms with Crippen LogP contribution in [0.1, 0.15) is 31.9 Å². The summed E-state index contributed by atoms with van der Waals surface area (Å²) in [5, 5.41) is -7.11. The minimum Gasteiger partial charge on any atom is -0.743 e. The van der Waals surface area contributed by atoms with Crippen molar-refractivity contribution >= 4 is 37.4 Å². The smallest absolute Gasteiger partial charge is 0.460 e. The number of benzene rings is 3. The summed E-state index contributed by atoms with van der Waals surface area (Å²) >= 11 is -1.24. The van der Waals surface area contributed by atoms with Gasteiger partial charge >= 0.3 is 174 Å². The second kappa shape index (κ2) is 12.0. The van der Waals surface area contributed by atoms with Gasteiger partial charge in [-0.15, -0.1) is 0 Å². The third kappa shape index (κ3) is 7.46. The van der Waals surface area contributed by atoms with Crippen molar-refractivity contribution in [3.05, 3.63) is 90.0 Å². The van der Waals surface area contributed by atoms with Gasteiger partial charge in [-0.2, -0.15) is 39.5 Å². The predicted molar refractivity (Wildman–Crippen MR) is 138 cm³/mol. The van der Waals surface area contributed by atoms with Crippen molar-refractivity contribution < 1.29 is 52.5 Å². The first-order valence-corrected chi connectivity index (χ1v) is 15.5. The Bertz CT molecular complexity index is 1400. The van der Waals surface area contributed by atoms with Crippen molar-refractivity contribution in [2.75, 3.05) is 0 Å². The minimum atomic E-state index is -7.43. The molecule has 0 heterocycles. The summed E-state index contributed by atoms with van der Waals surface area (Å²) in [6.45, 7) is 8.96. The zero-order valence-corrected chi connectivity index (χ0v) is 24.5. The number of halogens is 9. The molecule has 0 aliphatic rings. The van der Waals surface area contributed by atoms with Crippen LogP contribution in [0, 0.1) is 6.92 Å². The van der Waals surface area contributed by atoms with Gasteiger partial charge in [0.2, 0.25) is 0 Å². The zero-order valence-electron chi connectivity index (χ0n) is 21.9. The Labute approximate surface area is 236 Å². The largest absolute Gasteiger partial charge is 0.743 e. The van der Waals surface area contributed by atoms with Gasteiger partial charge < -0.3 is 4.55 Å². The van der Waals surface area contributed by atoms with Crippen LogP contribution in [0.4, 0.5) is 39.5 Å². The van der Waals surface area contributed by atoms with E-state index in [2.05, 4.69) is 107 Å². The molecular formula is C27H25F9O3SSe. The average molecular weight is 680 g/mol. The topological polar surface area (TPSA) is 57.2 Å². The van der Waals surface area contributed by atoms with Crippen LogP contribution in [-0.4, -0.2) is 50.1 Å². The van der Waals surface area contributed by atoms with Crippen LogP contribution in [0.5, 0.6) is 0 Å². The van der Waals surface area contributed by atoms with E-state index in [1.807, 2.05) is 0 Å². The molecule has 0 saturated heterocycles. The Kier molecular flexibility index (Phi) is 10.1. The van der Waals surface area contributed by atoms with E-state index in [9.17, 15) is 52.5 Å². The van der Waals surface area contributed by atoms with Crippen LogP contribution in [0.15, 0.2) is 78.9 Å². The van der Waals surface area contributed by atoms with Gasteiger partial charge in [0.25, 0.3) is 0 Å². The molecule has 1 unspecified atom stereocenters. The fourth-order valence-electron chi connectivity index (χ4n) is 3.25. The van der Waals surface area contributed by atoms with Crippen molar-refractivity contribution in [2.45, 2.75) is 56.4 Å². The molecule has 0 aliphatic heterocycles. The molecule has 0 aromatic heterocycles. The van der Waals surface area contributed by atoms with E-state index >= 15 is 0 Å². The minimum absolute atomic E-state index is 0.199. The first-order chi connectivity index (χ1) is 18.4. The summed E-state index contributed by atoms with van der Waals surface area (Å²) in [7, 11) is -7.42. The molecule has 3 aromatic carbocycles. The van der Waals surface area contributed by atoms with E-state index in [0.717, 1.165) is 0 Å². The zero-order chi connectivity index (χ0) is 31.7. The number of rotatable bonds is 6. The van der Waals surface area contributed by atoms with Gasteiger partial charge in [0.05, 0.1) is 0 Å². The predicted octanol–water partition coefficient (Wildman–Crippen LogP) is 5.77. The Morgan fingerprint density at radius 1 is 0.610 bits per heavy atom. The van der Waals surface area contributed by atoms with Crippen molar-refractivity contribution in [3.63, 3.8) is 0 Å². The number of hydrogen-bond acceptors (Lipinski definition) is 3. The SMILES string of the molecule is Cc1ccc([Se+](c2ccccc2)c2ccc(C(C)(C)C)cc2)cc1.O=S(=O)([O-])C(F)(F)C(F)(F)C(F)(F)C(F)(F)F. The maximum Gasteiger partial charge on any atom is 0.460 e. The van der Waals surface area contributed by atoms with E-state index in [4.69, 9.17) is 0 Å². The van der Waals surface area contributed by atoms with Crippen LogP contribution in [0.3, 0.4) is 0 Å². The van der Waals surface area contributed by atoms with E-state index in [0.29, 0.717) is 0 Å². The van der Waals surface area contributed by atoms with Crippen LogP contribution >= 0.6 is 0 Å². The number of aryl methyl sites for hydroxylation is 1. The van der Waals surface area contributed by atoms with E-state index in [1.165, 1.54) is 24.5 Å². The van der Waals surface area contributed by atoms with Gasteiger partial charge in [-0.1, -0.05) is 0 Å². The van der Waals surface area contributed by atoms with Crippen molar-refractivity contribution in [1.29, 1.82) is 0 Å². The van der Waals surface area contributed by atoms with Gasteiger partial charge in [-0.3, -0.25) is 0 Å². The van der Waals surface area contributed by atoms with Crippen molar-refractivity contribution in [2.24, 2.45) is 0 Å². The Hall–Kier alpha value is -2.54. The third-order valence-electron chi connectivity index (χ3n) is 5.62. The van der Waals surface area contributed by atoms with E-state index < -0.39 is 47.3 Å². The van der Waals surface area contributed by atoms with Crippen molar-refractivity contribution in [3.8, 4) is 0 Å². The summed E-state index contributed by atoms with van der Waals surface area (Å²) in [6.07, 6.45) is -7.16. The molecule has 41 heavy (non-hydrogen) atoms. The Morgan fingerprint density at radius 3 is 1.37 bits per heavy atom. The molecule has 1 atom stereocenters. The summed E-state index contributed by atoms with van der Waals surface area (Å²) in [5.74, 6) is -14.8. The van der Waals surface area contributed by atoms with Crippen LogP contribution in [0.25, 0.3) is 0 Å².